The van der Waals surface area contributed by atoms with Crippen molar-refractivity contribution in [3.05, 3.63) is 28.2 Å². The Morgan fingerprint density at radius 3 is 2.89 bits per heavy atom. The molecule has 2 N–H and O–H groups in total. The van der Waals surface area contributed by atoms with Crippen LogP contribution in [0.25, 0.3) is 11.4 Å². The smallest absolute Gasteiger partial charge is 0.210 e. The fourth-order valence-electron chi connectivity index (χ4n) is 1.42. The van der Waals surface area contributed by atoms with Gasteiger partial charge >= 0.3 is 0 Å². The number of aromatic nitrogens is 3. The van der Waals surface area contributed by atoms with Gasteiger partial charge in [-0.15, -0.1) is 10.2 Å². The quantitative estimate of drug-likeness (QED) is 0.533. The molecule has 1 aromatic heterocycles. The van der Waals surface area contributed by atoms with Crippen molar-refractivity contribution in [2.75, 3.05) is 11.6 Å². The number of hydrogen-bond acceptors (Lipinski definition) is 5. The van der Waals surface area contributed by atoms with Crippen LogP contribution >= 0.6 is 35.0 Å². The monoisotopic (exact) mass is 313 g/mol. The first-order valence-electron chi connectivity index (χ1n) is 5.29. The first kappa shape index (κ1) is 14.0. The molecule has 98 valence electrons. The van der Waals surface area contributed by atoms with Crippen molar-refractivity contribution in [3.63, 3.8) is 0 Å². The molecule has 0 atom stereocenters. The van der Waals surface area contributed by atoms with Crippen molar-refractivity contribution in [2.45, 2.75) is 11.6 Å². The van der Waals surface area contributed by atoms with Crippen LogP contribution in [0.5, 0.6) is 0 Å². The molecule has 0 aliphatic carbocycles. The lowest BCUT2D eigenvalue weighted by Gasteiger charge is -2.05. The fraction of sp³-hybridized carbons (Fsp3) is 0.182. The van der Waals surface area contributed by atoms with Crippen LogP contribution < -0.4 is 5.84 Å². The lowest BCUT2D eigenvalue weighted by molar-refractivity contribution is 0.849. The van der Waals surface area contributed by atoms with Crippen LogP contribution in [0.4, 0.5) is 0 Å². The summed E-state index contributed by atoms with van der Waals surface area (Å²) in [6.07, 6.45) is 0.421. The Morgan fingerprint density at radius 2 is 2.16 bits per heavy atom. The first-order chi connectivity index (χ1) is 9.13. The highest BCUT2D eigenvalue weighted by Crippen LogP contribution is 2.30. The second kappa shape index (κ2) is 6.15. The maximum Gasteiger partial charge on any atom is 0.210 e. The molecule has 19 heavy (non-hydrogen) atoms. The van der Waals surface area contributed by atoms with Gasteiger partial charge in [-0.3, -0.25) is 0 Å². The number of nitrogen functional groups attached to an aromatic ring is 1. The van der Waals surface area contributed by atoms with E-state index in [4.69, 9.17) is 34.3 Å². The number of hydrogen-bond donors (Lipinski definition) is 1. The molecule has 0 spiro atoms. The van der Waals surface area contributed by atoms with Gasteiger partial charge in [0.25, 0.3) is 0 Å². The molecule has 0 unspecified atom stereocenters. The Morgan fingerprint density at radius 1 is 1.37 bits per heavy atom. The molecule has 0 bridgehead atoms. The van der Waals surface area contributed by atoms with Crippen molar-refractivity contribution in [2.24, 2.45) is 0 Å². The molecule has 0 fully saturated rings. The largest absolute Gasteiger partial charge is 0.335 e. The topological polar surface area (TPSA) is 80.5 Å². The minimum absolute atomic E-state index is 0.421. The highest BCUT2D eigenvalue weighted by atomic mass is 35.5. The summed E-state index contributed by atoms with van der Waals surface area (Å²) in [6, 6.07) is 7.10. The third kappa shape index (κ3) is 3.13. The first-order valence-corrected chi connectivity index (χ1v) is 7.03. The Kier molecular flexibility index (Phi) is 4.53. The van der Waals surface area contributed by atoms with Gasteiger partial charge in [-0.05, 0) is 18.2 Å². The average Bonchev–Trinajstić information content (AvgIpc) is 2.75. The van der Waals surface area contributed by atoms with E-state index in [-0.39, 0.29) is 0 Å². The van der Waals surface area contributed by atoms with Gasteiger partial charge in [0.15, 0.2) is 5.82 Å². The van der Waals surface area contributed by atoms with Crippen molar-refractivity contribution in [3.8, 4) is 17.5 Å². The van der Waals surface area contributed by atoms with Gasteiger partial charge in [-0.1, -0.05) is 35.0 Å². The number of nitrogens with zero attached hydrogens (tertiary/aromatic N) is 4. The second-order valence-electron chi connectivity index (χ2n) is 3.56. The Hall–Kier alpha value is -1.42. The molecule has 2 aromatic rings. The van der Waals surface area contributed by atoms with Crippen LogP contribution in [0, 0.1) is 11.3 Å². The number of benzene rings is 1. The summed E-state index contributed by atoms with van der Waals surface area (Å²) in [5.41, 5.74) is 0.622. The molecule has 0 saturated heterocycles. The van der Waals surface area contributed by atoms with Crippen LogP contribution in [-0.2, 0) is 0 Å². The summed E-state index contributed by atoms with van der Waals surface area (Å²) in [4.78, 5) is 0. The number of thioether (sulfide) groups is 1. The zero-order valence-electron chi connectivity index (χ0n) is 9.68. The van der Waals surface area contributed by atoms with E-state index in [0.29, 0.717) is 38.8 Å². The maximum absolute atomic E-state index is 8.49. The van der Waals surface area contributed by atoms with Crippen LogP contribution in [-0.4, -0.2) is 20.6 Å². The number of nitrogens with two attached hydrogens (primary N) is 1. The Labute approximate surface area is 124 Å². The molecule has 0 amide bonds. The van der Waals surface area contributed by atoms with Gasteiger partial charge in [0, 0.05) is 22.8 Å². The minimum Gasteiger partial charge on any atom is -0.335 e. The van der Waals surface area contributed by atoms with Crippen LogP contribution in [0.3, 0.4) is 0 Å². The number of rotatable bonds is 4. The van der Waals surface area contributed by atoms with Crippen LogP contribution in [0.2, 0.25) is 10.0 Å². The van der Waals surface area contributed by atoms with Gasteiger partial charge in [0.2, 0.25) is 5.16 Å². The summed E-state index contributed by atoms with van der Waals surface area (Å²) in [5, 5.41) is 18.0. The molecule has 1 heterocycles. The standard InChI is InChI=1S/C11H9Cl2N5S/c12-7-2-3-9(13)8(6-7)10-16-17-11(18(10)15)19-5-1-4-14/h2-3,6H,1,5,15H2. The normalized spacial score (nSPS) is 10.4. The lowest BCUT2D eigenvalue weighted by Crippen LogP contribution is -2.11. The van der Waals surface area contributed by atoms with Gasteiger partial charge in [-0.25, -0.2) is 4.68 Å². The second-order valence-corrected chi connectivity index (χ2v) is 5.46. The minimum atomic E-state index is 0.421. The zero-order valence-corrected chi connectivity index (χ0v) is 12.0. The van der Waals surface area contributed by atoms with Crippen molar-refractivity contribution < 1.29 is 0 Å². The molecule has 0 aliphatic heterocycles. The molecule has 2 rings (SSSR count). The number of halogens is 2. The van der Waals surface area contributed by atoms with E-state index in [1.54, 1.807) is 18.2 Å². The molecule has 0 radical (unpaired) electrons. The highest BCUT2D eigenvalue weighted by Gasteiger charge is 2.15. The molecular formula is C11H9Cl2N5S. The third-order valence-electron chi connectivity index (χ3n) is 2.28. The molecule has 1 aromatic carbocycles. The lowest BCUT2D eigenvalue weighted by atomic mass is 10.2. The maximum atomic E-state index is 8.49. The summed E-state index contributed by atoms with van der Waals surface area (Å²) in [5.74, 6) is 6.97. The third-order valence-corrected chi connectivity index (χ3v) is 3.79. The van der Waals surface area contributed by atoms with E-state index in [1.807, 2.05) is 0 Å². The predicted octanol–water partition coefficient (Wildman–Crippen LogP) is 2.97. The summed E-state index contributed by atoms with van der Waals surface area (Å²) in [7, 11) is 0. The van der Waals surface area contributed by atoms with E-state index in [0.717, 1.165) is 0 Å². The number of nitriles is 1. The summed E-state index contributed by atoms with van der Waals surface area (Å²) < 4.78 is 1.35. The van der Waals surface area contributed by atoms with Gasteiger partial charge < -0.3 is 5.84 Å². The van der Waals surface area contributed by atoms with E-state index in [9.17, 15) is 0 Å². The molecule has 0 saturated carbocycles. The molecule has 8 heteroatoms. The fourth-order valence-corrected chi connectivity index (χ4v) is 2.49. The van der Waals surface area contributed by atoms with Gasteiger partial charge in [0.05, 0.1) is 11.1 Å². The van der Waals surface area contributed by atoms with Crippen molar-refractivity contribution in [1.29, 1.82) is 5.26 Å². The molecular weight excluding hydrogens is 305 g/mol. The summed E-state index contributed by atoms with van der Waals surface area (Å²) >= 11 is 13.4. The van der Waals surface area contributed by atoms with Crippen LogP contribution in [0.1, 0.15) is 6.42 Å². The molecule has 5 nitrogen and oxygen atoms in total. The summed E-state index contributed by atoms with van der Waals surface area (Å²) in [6.45, 7) is 0. The SMILES string of the molecule is N#CCCSc1nnc(-c2cc(Cl)ccc2Cl)n1N. The Bertz CT molecular complexity index is 635. The van der Waals surface area contributed by atoms with E-state index >= 15 is 0 Å². The van der Waals surface area contributed by atoms with Crippen LogP contribution in [0.15, 0.2) is 23.4 Å². The van der Waals surface area contributed by atoms with E-state index in [1.165, 1.54) is 16.4 Å². The van der Waals surface area contributed by atoms with Gasteiger partial charge in [0.1, 0.15) is 0 Å². The molecule has 0 aliphatic rings. The Balaban J connectivity index is 2.31. The van der Waals surface area contributed by atoms with Crippen molar-refractivity contribution in [1.82, 2.24) is 14.9 Å². The average molecular weight is 314 g/mol. The van der Waals surface area contributed by atoms with E-state index < -0.39 is 0 Å². The zero-order chi connectivity index (χ0) is 13.8. The highest BCUT2D eigenvalue weighted by molar-refractivity contribution is 7.99. The predicted molar refractivity (Wildman–Crippen MR) is 76.6 cm³/mol. The van der Waals surface area contributed by atoms with E-state index in [2.05, 4.69) is 16.3 Å². The van der Waals surface area contributed by atoms with Crippen molar-refractivity contribution >= 4 is 35.0 Å². The van der Waals surface area contributed by atoms with Gasteiger partial charge in [-0.2, -0.15) is 5.26 Å².